The van der Waals surface area contributed by atoms with Crippen LogP contribution in [0.1, 0.15) is 18.9 Å². The Labute approximate surface area is 168 Å². The van der Waals surface area contributed by atoms with Gasteiger partial charge in [0, 0.05) is 5.92 Å². The Balaban J connectivity index is 2.75. The summed E-state index contributed by atoms with van der Waals surface area (Å²) in [6.07, 6.45) is 0.567. The molecule has 0 spiro atoms. The monoisotopic (exact) mass is 408 g/mol. The molecule has 0 aliphatic rings. The third kappa shape index (κ3) is 8.82. The van der Waals surface area contributed by atoms with Crippen molar-refractivity contribution in [2.75, 3.05) is 20.3 Å². The van der Waals surface area contributed by atoms with Crippen molar-refractivity contribution in [3.8, 4) is 5.75 Å². The Hall–Kier alpha value is -1.96. The van der Waals surface area contributed by atoms with E-state index >= 15 is 0 Å². The van der Waals surface area contributed by atoms with Crippen molar-refractivity contribution in [2.24, 2.45) is 5.92 Å². The summed E-state index contributed by atoms with van der Waals surface area (Å²) in [6.45, 7) is 12.4. The highest BCUT2D eigenvalue weighted by atomic mass is 28.4. The lowest BCUT2D eigenvalue weighted by Crippen LogP contribution is -2.43. The van der Waals surface area contributed by atoms with Crippen molar-refractivity contribution in [3.63, 3.8) is 0 Å². The van der Waals surface area contributed by atoms with Crippen LogP contribution in [0.25, 0.3) is 0 Å². The van der Waals surface area contributed by atoms with Crippen molar-refractivity contribution in [3.05, 3.63) is 42.5 Å². The van der Waals surface area contributed by atoms with Crippen LogP contribution in [0.3, 0.4) is 0 Å². The molecule has 1 rings (SSSR count). The summed E-state index contributed by atoms with van der Waals surface area (Å²) in [4.78, 5) is 24.4. The SMILES string of the molecule is C=C[C@H](COCc1ccc(OC)cc1)[C@@H](O[Si](C)(C)C)C(=O)CC(=O)OCC. The van der Waals surface area contributed by atoms with Gasteiger partial charge in [-0.25, -0.2) is 0 Å². The van der Waals surface area contributed by atoms with E-state index in [1.54, 1.807) is 20.1 Å². The first-order valence-corrected chi connectivity index (χ1v) is 12.8. The Kier molecular flexibility index (Phi) is 10.1. The van der Waals surface area contributed by atoms with E-state index in [1.165, 1.54) is 0 Å². The topological polar surface area (TPSA) is 71.1 Å². The molecule has 6 nitrogen and oxygen atoms in total. The average Bonchev–Trinajstić information content (AvgIpc) is 2.63. The smallest absolute Gasteiger partial charge is 0.313 e. The number of rotatable bonds is 13. The first kappa shape index (κ1) is 24.1. The minimum Gasteiger partial charge on any atom is -0.497 e. The fraction of sp³-hybridized carbons (Fsp3) is 0.524. The lowest BCUT2D eigenvalue weighted by atomic mass is 9.98. The van der Waals surface area contributed by atoms with Gasteiger partial charge in [0.25, 0.3) is 0 Å². The molecule has 0 N–H and O–H groups in total. The standard InChI is InChI=1S/C21H32O6Si/c1-7-17(15-25-14-16-9-11-18(24-3)12-10-16)21(27-28(4,5)6)19(22)13-20(23)26-8-2/h7,9-12,17,21H,1,8,13-15H2,2-6H3/t17-,21-/m1/s1. The highest BCUT2D eigenvalue weighted by Gasteiger charge is 2.33. The number of carbonyl (C=O) groups excluding carboxylic acids is 2. The van der Waals surface area contributed by atoms with Crippen LogP contribution in [0.4, 0.5) is 0 Å². The second kappa shape index (κ2) is 11.8. The molecule has 0 aliphatic carbocycles. The number of ketones is 1. The number of hydrogen-bond acceptors (Lipinski definition) is 6. The molecule has 0 amide bonds. The Morgan fingerprint density at radius 2 is 1.82 bits per heavy atom. The lowest BCUT2D eigenvalue weighted by molar-refractivity contribution is -0.147. The fourth-order valence-electron chi connectivity index (χ4n) is 2.54. The predicted octanol–water partition coefficient (Wildman–Crippen LogP) is 3.76. The maximum absolute atomic E-state index is 12.7. The van der Waals surface area contributed by atoms with Crippen LogP contribution in [-0.2, 0) is 30.1 Å². The lowest BCUT2D eigenvalue weighted by Gasteiger charge is -2.30. The van der Waals surface area contributed by atoms with Crippen LogP contribution in [0, 0.1) is 5.92 Å². The molecular weight excluding hydrogens is 376 g/mol. The van der Waals surface area contributed by atoms with Gasteiger partial charge < -0.3 is 18.6 Å². The van der Waals surface area contributed by atoms with Gasteiger partial charge in [0.15, 0.2) is 14.1 Å². The molecule has 28 heavy (non-hydrogen) atoms. The summed E-state index contributed by atoms with van der Waals surface area (Å²) in [5.74, 6) is -0.426. The Bertz CT molecular complexity index is 635. The second-order valence-corrected chi connectivity index (χ2v) is 11.8. The van der Waals surface area contributed by atoms with E-state index < -0.39 is 20.4 Å². The zero-order chi connectivity index (χ0) is 21.2. The average molecular weight is 409 g/mol. The van der Waals surface area contributed by atoms with E-state index in [1.807, 2.05) is 43.9 Å². The number of hydrogen-bond donors (Lipinski definition) is 0. The quantitative estimate of drug-likeness (QED) is 0.214. The molecule has 7 heteroatoms. The molecule has 0 saturated carbocycles. The minimum atomic E-state index is -2.04. The molecule has 0 heterocycles. The van der Waals surface area contributed by atoms with Crippen molar-refractivity contribution in [1.29, 1.82) is 0 Å². The van der Waals surface area contributed by atoms with Crippen molar-refractivity contribution in [2.45, 2.75) is 45.7 Å². The van der Waals surface area contributed by atoms with E-state index in [9.17, 15) is 9.59 Å². The maximum atomic E-state index is 12.7. The number of benzene rings is 1. The van der Waals surface area contributed by atoms with Gasteiger partial charge in [-0.2, -0.15) is 0 Å². The van der Waals surface area contributed by atoms with Gasteiger partial charge in [0.1, 0.15) is 18.3 Å². The van der Waals surface area contributed by atoms with Gasteiger partial charge in [0.2, 0.25) is 0 Å². The number of methoxy groups -OCH3 is 1. The molecule has 1 aromatic carbocycles. The molecule has 2 atom stereocenters. The van der Waals surface area contributed by atoms with Crippen LogP contribution in [0.2, 0.25) is 19.6 Å². The van der Waals surface area contributed by atoms with Crippen molar-refractivity contribution >= 4 is 20.1 Å². The van der Waals surface area contributed by atoms with E-state index in [4.69, 9.17) is 18.6 Å². The van der Waals surface area contributed by atoms with Gasteiger partial charge in [-0.1, -0.05) is 18.2 Å². The van der Waals surface area contributed by atoms with Crippen LogP contribution in [-0.4, -0.2) is 46.5 Å². The summed E-state index contributed by atoms with van der Waals surface area (Å²) in [5, 5.41) is 0. The van der Waals surface area contributed by atoms with E-state index in [2.05, 4.69) is 6.58 Å². The maximum Gasteiger partial charge on any atom is 0.313 e. The number of carbonyl (C=O) groups is 2. The third-order valence-electron chi connectivity index (χ3n) is 3.85. The molecule has 0 unspecified atom stereocenters. The summed E-state index contributed by atoms with van der Waals surface area (Å²) in [7, 11) is -0.418. The molecule has 0 bridgehead atoms. The van der Waals surface area contributed by atoms with Crippen molar-refractivity contribution < 1.29 is 28.2 Å². The highest BCUT2D eigenvalue weighted by Crippen LogP contribution is 2.20. The first-order chi connectivity index (χ1) is 13.2. The molecule has 156 valence electrons. The zero-order valence-electron chi connectivity index (χ0n) is 17.5. The van der Waals surface area contributed by atoms with Gasteiger partial charge in [-0.05, 0) is 44.3 Å². The Morgan fingerprint density at radius 3 is 2.32 bits per heavy atom. The van der Waals surface area contributed by atoms with E-state index in [-0.39, 0.29) is 31.3 Å². The van der Waals surface area contributed by atoms with Crippen molar-refractivity contribution in [1.82, 2.24) is 0 Å². The molecule has 0 aliphatic heterocycles. The largest absolute Gasteiger partial charge is 0.497 e. The van der Waals surface area contributed by atoms with Crippen LogP contribution in [0.5, 0.6) is 5.75 Å². The molecule has 0 saturated heterocycles. The van der Waals surface area contributed by atoms with Gasteiger partial charge >= 0.3 is 5.97 Å². The summed E-state index contributed by atoms with van der Waals surface area (Å²) in [6, 6.07) is 7.57. The summed E-state index contributed by atoms with van der Waals surface area (Å²) < 4.78 is 21.9. The predicted molar refractivity (Wildman–Crippen MR) is 111 cm³/mol. The molecular formula is C21H32O6Si. The normalized spacial score (nSPS) is 13.5. The number of Topliss-reactive ketones (excluding diaryl/α,β-unsaturated/α-hetero) is 1. The molecule has 0 radical (unpaired) electrons. The van der Waals surface area contributed by atoms with E-state index in [0.29, 0.717) is 6.61 Å². The minimum absolute atomic E-state index is 0.238. The second-order valence-electron chi connectivity index (χ2n) is 7.36. The third-order valence-corrected chi connectivity index (χ3v) is 4.81. The van der Waals surface area contributed by atoms with Crippen LogP contribution in [0.15, 0.2) is 36.9 Å². The highest BCUT2D eigenvalue weighted by molar-refractivity contribution is 6.69. The van der Waals surface area contributed by atoms with Gasteiger partial charge in [0.05, 0.1) is 26.9 Å². The number of esters is 1. The summed E-state index contributed by atoms with van der Waals surface area (Å²) >= 11 is 0. The van der Waals surface area contributed by atoms with Gasteiger partial charge in [-0.15, -0.1) is 6.58 Å². The van der Waals surface area contributed by atoms with Crippen LogP contribution < -0.4 is 4.74 Å². The molecule has 0 aromatic heterocycles. The Morgan fingerprint density at radius 1 is 1.18 bits per heavy atom. The summed E-state index contributed by atoms with van der Waals surface area (Å²) in [5.41, 5.74) is 0.990. The first-order valence-electron chi connectivity index (χ1n) is 9.39. The number of ether oxygens (including phenoxy) is 3. The zero-order valence-corrected chi connectivity index (χ0v) is 18.5. The van der Waals surface area contributed by atoms with Gasteiger partial charge in [-0.3, -0.25) is 9.59 Å². The molecule has 0 fully saturated rings. The van der Waals surface area contributed by atoms with Crippen LogP contribution >= 0.6 is 0 Å². The van der Waals surface area contributed by atoms with E-state index in [0.717, 1.165) is 11.3 Å². The fourth-order valence-corrected chi connectivity index (χ4v) is 3.61. The molecule has 1 aromatic rings.